The van der Waals surface area contributed by atoms with E-state index >= 15 is 0 Å². The number of nitrogens with zero attached hydrogens (tertiary/aromatic N) is 4. The second-order valence-electron chi connectivity index (χ2n) is 6.80. The molecule has 0 atom stereocenters. The molecule has 0 aliphatic heterocycles. The molecular weight excluding hydrogens is 266 g/mol. The van der Waals surface area contributed by atoms with Gasteiger partial charge in [-0.25, -0.2) is 0 Å². The van der Waals surface area contributed by atoms with E-state index in [2.05, 4.69) is 62.2 Å². The molecule has 0 amide bonds. The minimum atomic E-state index is 0.0976. The van der Waals surface area contributed by atoms with E-state index in [1.807, 2.05) is 10.9 Å². The van der Waals surface area contributed by atoms with Crippen molar-refractivity contribution in [2.45, 2.75) is 59.4 Å². The minimum absolute atomic E-state index is 0.0976. The van der Waals surface area contributed by atoms with Crippen LogP contribution in [0.2, 0.25) is 0 Å². The molecule has 21 heavy (non-hydrogen) atoms. The smallest absolute Gasteiger partial charge is 0.0965 e. The van der Waals surface area contributed by atoms with Crippen molar-refractivity contribution in [1.82, 2.24) is 25.2 Å². The van der Waals surface area contributed by atoms with Crippen LogP contribution in [0.25, 0.3) is 0 Å². The first-order chi connectivity index (χ1) is 9.76. The van der Waals surface area contributed by atoms with Crippen molar-refractivity contribution in [3.63, 3.8) is 0 Å². The molecule has 122 valence electrons. The zero-order valence-corrected chi connectivity index (χ0v) is 14.4. The maximum atomic E-state index is 5.55. The first-order valence-corrected chi connectivity index (χ1v) is 7.70. The molecule has 0 radical (unpaired) electrons. The van der Waals surface area contributed by atoms with Crippen LogP contribution in [0.15, 0.2) is 6.20 Å². The van der Waals surface area contributed by atoms with Gasteiger partial charge in [0, 0.05) is 31.4 Å². The summed E-state index contributed by atoms with van der Waals surface area (Å²) in [7, 11) is 2.10. The minimum Gasteiger partial charge on any atom is -0.377 e. The number of ether oxygens (including phenoxy) is 1. The van der Waals surface area contributed by atoms with Crippen molar-refractivity contribution in [3.8, 4) is 0 Å². The third kappa shape index (κ3) is 8.80. The molecule has 0 saturated carbocycles. The van der Waals surface area contributed by atoms with Gasteiger partial charge in [-0.2, -0.15) is 0 Å². The Kier molecular flexibility index (Phi) is 7.28. The number of hydrogen-bond donors (Lipinski definition) is 1. The van der Waals surface area contributed by atoms with Gasteiger partial charge in [0.25, 0.3) is 0 Å². The van der Waals surface area contributed by atoms with Gasteiger partial charge >= 0.3 is 0 Å². The fraction of sp³-hybridized carbons (Fsp3) is 0.867. The molecule has 1 aromatic heterocycles. The summed E-state index contributed by atoms with van der Waals surface area (Å²) in [4.78, 5) is 2.25. The molecule has 0 spiro atoms. The molecule has 6 heteroatoms. The van der Waals surface area contributed by atoms with Crippen LogP contribution in [0, 0.1) is 0 Å². The Morgan fingerprint density at radius 3 is 2.67 bits per heavy atom. The van der Waals surface area contributed by atoms with Gasteiger partial charge in [-0.1, -0.05) is 5.21 Å². The summed E-state index contributed by atoms with van der Waals surface area (Å²) < 4.78 is 7.45. The summed E-state index contributed by atoms with van der Waals surface area (Å²) >= 11 is 0. The Labute approximate surface area is 128 Å². The van der Waals surface area contributed by atoms with Crippen LogP contribution in [0.1, 0.15) is 40.3 Å². The lowest BCUT2D eigenvalue weighted by Crippen LogP contribution is -2.35. The van der Waals surface area contributed by atoms with E-state index < -0.39 is 0 Å². The van der Waals surface area contributed by atoms with Gasteiger partial charge in [0.2, 0.25) is 0 Å². The lowest BCUT2D eigenvalue weighted by Gasteiger charge is -2.19. The average molecular weight is 297 g/mol. The normalized spacial score (nSPS) is 12.6. The largest absolute Gasteiger partial charge is 0.377 e. The van der Waals surface area contributed by atoms with E-state index in [4.69, 9.17) is 4.74 Å². The fourth-order valence-electron chi connectivity index (χ4n) is 1.71. The van der Waals surface area contributed by atoms with Crippen LogP contribution in [0.3, 0.4) is 0 Å². The van der Waals surface area contributed by atoms with Crippen LogP contribution in [0.5, 0.6) is 0 Å². The molecule has 0 aliphatic carbocycles. The van der Waals surface area contributed by atoms with Gasteiger partial charge in [0.05, 0.1) is 24.9 Å². The van der Waals surface area contributed by atoms with E-state index in [0.717, 1.165) is 38.5 Å². The highest BCUT2D eigenvalue weighted by Gasteiger charge is 2.10. The molecule has 0 aromatic carbocycles. The maximum Gasteiger partial charge on any atom is 0.0965 e. The Hall–Kier alpha value is -0.980. The Bertz CT molecular complexity index is 397. The number of nitrogens with one attached hydrogen (secondary N) is 1. The summed E-state index contributed by atoms with van der Waals surface area (Å²) in [5, 5.41) is 11.8. The summed E-state index contributed by atoms with van der Waals surface area (Å²) in [6.45, 7) is 14.8. The van der Waals surface area contributed by atoms with Crippen molar-refractivity contribution in [2.75, 3.05) is 26.7 Å². The highest BCUT2D eigenvalue weighted by atomic mass is 16.5. The van der Waals surface area contributed by atoms with Crippen molar-refractivity contribution in [3.05, 3.63) is 11.9 Å². The molecule has 1 N–H and O–H groups in total. The van der Waals surface area contributed by atoms with Crippen LogP contribution >= 0.6 is 0 Å². The lowest BCUT2D eigenvalue weighted by atomic mass is 10.1. The maximum absolute atomic E-state index is 5.55. The average Bonchev–Trinajstić information content (AvgIpc) is 2.80. The van der Waals surface area contributed by atoms with Crippen molar-refractivity contribution < 1.29 is 4.74 Å². The third-order valence-corrected chi connectivity index (χ3v) is 3.02. The molecule has 0 bridgehead atoms. The van der Waals surface area contributed by atoms with E-state index in [1.54, 1.807) is 0 Å². The highest BCUT2D eigenvalue weighted by molar-refractivity contribution is 4.93. The Morgan fingerprint density at radius 1 is 1.33 bits per heavy atom. The van der Waals surface area contributed by atoms with E-state index in [0.29, 0.717) is 6.10 Å². The monoisotopic (exact) mass is 297 g/mol. The van der Waals surface area contributed by atoms with Crippen molar-refractivity contribution in [2.24, 2.45) is 0 Å². The molecule has 6 nitrogen and oxygen atoms in total. The van der Waals surface area contributed by atoms with Gasteiger partial charge in [-0.05, 0) is 41.7 Å². The predicted molar refractivity (Wildman–Crippen MR) is 85.2 cm³/mol. The molecule has 1 aromatic rings. The number of likely N-dealkylation sites (N-methyl/N-ethyl adjacent to an activating group) is 1. The number of hydrogen-bond acceptors (Lipinski definition) is 5. The van der Waals surface area contributed by atoms with E-state index in [-0.39, 0.29) is 5.54 Å². The Morgan fingerprint density at radius 2 is 2.05 bits per heavy atom. The number of aromatic nitrogens is 3. The molecule has 1 rings (SSSR count). The van der Waals surface area contributed by atoms with Gasteiger partial charge in [0.1, 0.15) is 0 Å². The van der Waals surface area contributed by atoms with E-state index in [9.17, 15) is 0 Å². The van der Waals surface area contributed by atoms with Gasteiger partial charge < -0.3 is 15.0 Å². The molecule has 0 aliphatic rings. The van der Waals surface area contributed by atoms with Crippen molar-refractivity contribution in [1.29, 1.82) is 0 Å². The standard InChI is InChI=1S/C15H31N5O/c1-13(2)21-10-9-19(6)7-8-20-12-14(17-18-20)11-16-15(3,4)5/h12-13,16H,7-11H2,1-6H3. The van der Waals surface area contributed by atoms with Crippen LogP contribution < -0.4 is 5.32 Å². The molecule has 0 fully saturated rings. The van der Waals surface area contributed by atoms with Gasteiger partial charge in [-0.15, -0.1) is 5.10 Å². The highest BCUT2D eigenvalue weighted by Crippen LogP contribution is 2.01. The summed E-state index contributed by atoms with van der Waals surface area (Å²) in [6.07, 6.45) is 2.31. The topological polar surface area (TPSA) is 55.2 Å². The first kappa shape index (κ1) is 18.1. The molecule has 0 saturated heterocycles. The predicted octanol–water partition coefficient (Wildman–Crippen LogP) is 1.52. The number of rotatable bonds is 9. The second kappa shape index (κ2) is 8.46. The van der Waals surface area contributed by atoms with Crippen LogP contribution in [-0.4, -0.2) is 58.3 Å². The SMILES string of the molecule is CC(C)OCCN(C)CCn1cc(CNC(C)(C)C)nn1. The zero-order valence-electron chi connectivity index (χ0n) is 14.4. The van der Waals surface area contributed by atoms with Gasteiger partial charge in [0.15, 0.2) is 0 Å². The summed E-state index contributed by atoms with van der Waals surface area (Å²) in [5.41, 5.74) is 1.08. The van der Waals surface area contributed by atoms with E-state index in [1.165, 1.54) is 0 Å². The summed E-state index contributed by atoms with van der Waals surface area (Å²) in [5.74, 6) is 0. The lowest BCUT2D eigenvalue weighted by molar-refractivity contribution is 0.0631. The van der Waals surface area contributed by atoms with Crippen LogP contribution in [-0.2, 0) is 17.8 Å². The molecule has 0 unspecified atom stereocenters. The third-order valence-electron chi connectivity index (χ3n) is 3.02. The molecular formula is C15H31N5O. The second-order valence-corrected chi connectivity index (χ2v) is 6.80. The van der Waals surface area contributed by atoms with Gasteiger partial charge in [-0.3, -0.25) is 4.68 Å². The van der Waals surface area contributed by atoms with Crippen LogP contribution in [0.4, 0.5) is 0 Å². The summed E-state index contributed by atoms with van der Waals surface area (Å²) in [6, 6.07) is 0. The fourth-order valence-corrected chi connectivity index (χ4v) is 1.71. The van der Waals surface area contributed by atoms with Crippen molar-refractivity contribution >= 4 is 0 Å². The Balaban J connectivity index is 2.25. The first-order valence-electron chi connectivity index (χ1n) is 7.70. The quantitative estimate of drug-likeness (QED) is 0.749. The molecule has 1 heterocycles. The zero-order chi connectivity index (χ0) is 15.9.